The van der Waals surface area contributed by atoms with Crippen LogP contribution in [0.2, 0.25) is 0 Å². The summed E-state index contributed by atoms with van der Waals surface area (Å²) in [5.74, 6) is -0.330. The maximum absolute atomic E-state index is 12.6. The van der Waals surface area contributed by atoms with Crippen LogP contribution in [0, 0.1) is 0 Å². The molecule has 1 amide bonds. The molecule has 0 saturated carbocycles. The summed E-state index contributed by atoms with van der Waals surface area (Å²) in [4.78, 5) is 43.7. The van der Waals surface area contributed by atoms with Crippen molar-refractivity contribution in [3.8, 4) is 11.1 Å². The summed E-state index contributed by atoms with van der Waals surface area (Å²) in [5.41, 5.74) is 3.33. The lowest BCUT2D eigenvalue weighted by Crippen LogP contribution is -2.41. The highest BCUT2D eigenvalue weighted by Gasteiger charge is 2.30. The third kappa shape index (κ3) is 6.08. The Kier molecular flexibility index (Phi) is 7.99. The molecule has 0 atom stereocenters. The molecule has 39 heavy (non-hydrogen) atoms. The average Bonchev–Trinajstić information content (AvgIpc) is 3.25. The molecule has 3 aromatic rings. The topological polar surface area (TPSA) is 95.7 Å². The number of piperidine rings is 1. The zero-order valence-electron chi connectivity index (χ0n) is 23.7. The Morgan fingerprint density at radius 1 is 1.15 bits per heavy atom. The van der Waals surface area contributed by atoms with Crippen LogP contribution in [0.15, 0.2) is 53.6 Å². The van der Waals surface area contributed by atoms with Crippen molar-refractivity contribution in [3.05, 3.63) is 64.9 Å². The van der Waals surface area contributed by atoms with Gasteiger partial charge in [0, 0.05) is 60.2 Å². The van der Waals surface area contributed by atoms with Crippen molar-refractivity contribution in [1.82, 2.24) is 19.0 Å². The molecule has 0 bridgehead atoms. The lowest BCUT2D eigenvalue weighted by molar-refractivity contribution is -0.136. The number of likely N-dealkylation sites (tertiary alicyclic amines) is 1. The quantitative estimate of drug-likeness (QED) is 0.315. The van der Waals surface area contributed by atoms with Crippen molar-refractivity contribution in [2.45, 2.75) is 71.6 Å². The van der Waals surface area contributed by atoms with Gasteiger partial charge >= 0.3 is 12.1 Å². The van der Waals surface area contributed by atoms with Gasteiger partial charge in [-0.2, -0.15) is 0 Å². The van der Waals surface area contributed by atoms with Gasteiger partial charge in [0.1, 0.15) is 11.2 Å². The van der Waals surface area contributed by atoms with Crippen molar-refractivity contribution in [2.75, 3.05) is 20.2 Å². The second-order valence-electron chi connectivity index (χ2n) is 11.3. The number of amides is 1. The maximum Gasteiger partial charge on any atom is 0.410 e. The molecule has 4 heterocycles. The molecule has 0 aliphatic carbocycles. The molecule has 9 nitrogen and oxygen atoms in total. The summed E-state index contributed by atoms with van der Waals surface area (Å²) in [5, 5.41) is 0.925. The van der Waals surface area contributed by atoms with E-state index in [2.05, 4.69) is 12.6 Å². The van der Waals surface area contributed by atoms with E-state index < -0.39 is 11.6 Å². The lowest BCUT2D eigenvalue weighted by Gasteiger charge is -2.33. The number of carbonyl (C=O) groups excluding carboxylic acids is 2. The fourth-order valence-electron chi connectivity index (χ4n) is 5.07. The summed E-state index contributed by atoms with van der Waals surface area (Å²) < 4.78 is 14.2. The second kappa shape index (κ2) is 11.1. The highest BCUT2D eigenvalue weighted by molar-refractivity contribution is 5.94. The third-order valence-corrected chi connectivity index (χ3v) is 7.02. The molecule has 0 radical (unpaired) electrons. The van der Waals surface area contributed by atoms with Crippen LogP contribution in [-0.2, 0) is 20.8 Å². The average molecular weight is 535 g/mol. The largest absolute Gasteiger partial charge is 0.466 e. The van der Waals surface area contributed by atoms with Crippen LogP contribution in [0.25, 0.3) is 22.2 Å². The Hall–Kier alpha value is -3.88. The normalized spacial score (nSPS) is 14.6. The first-order chi connectivity index (χ1) is 18.4. The van der Waals surface area contributed by atoms with Crippen LogP contribution >= 0.6 is 0 Å². The Balaban J connectivity index is 1.75. The number of rotatable bonds is 6. The number of ether oxygens (including phenoxy) is 2. The van der Waals surface area contributed by atoms with Gasteiger partial charge in [0.15, 0.2) is 0 Å². The van der Waals surface area contributed by atoms with E-state index in [1.807, 2.05) is 57.5 Å². The van der Waals surface area contributed by atoms with E-state index in [4.69, 9.17) is 14.5 Å². The number of aromatic nitrogens is 3. The van der Waals surface area contributed by atoms with Gasteiger partial charge in [-0.3, -0.25) is 4.79 Å². The SMILES string of the molecule is C=C(Cn1c(C2CCN(C(=O)OC(C)(C)C)CC2)cc2c(-c3ccc(=O)n(C(C)C)c3)ccnc21)C(=O)OC. The zero-order valence-corrected chi connectivity index (χ0v) is 23.7. The minimum atomic E-state index is -0.547. The standard InChI is InChI=1S/C30H38N4O5/c1-19(2)33-18-22(8-9-26(33)35)23-10-13-31-27-24(23)16-25(34(27)17-20(3)28(36)38-7)21-11-14-32(15-12-21)29(37)39-30(4,5)6/h8-10,13,16,18-19,21H,3,11-12,14-15,17H2,1-2,4-7H3. The van der Waals surface area contributed by atoms with Crippen LogP contribution in [0.4, 0.5) is 4.79 Å². The smallest absolute Gasteiger partial charge is 0.410 e. The summed E-state index contributed by atoms with van der Waals surface area (Å²) in [6.07, 6.45) is 4.81. The first kappa shape index (κ1) is 28.1. The van der Waals surface area contributed by atoms with Crippen LogP contribution < -0.4 is 5.56 Å². The Morgan fingerprint density at radius 2 is 1.85 bits per heavy atom. The van der Waals surface area contributed by atoms with Crippen LogP contribution in [0.1, 0.15) is 65.1 Å². The summed E-state index contributed by atoms with van der Waals surface area (Å²) >= 11 is 0. The van der Waals surface area contributed by atoms with E-state index in [-0.39, 0.29) is 30.2 Å². The predicted molar refractivity (Wildman–Crippen MR) is 151 cm³/mol. The van der Waals surface area contributed by atoms with Crippen molar-refractivity contribution in [1.29, 1.82) is 0 Å². The zero-order chi connectivity index (χ0) is 28.5. The van der Waals surface area contributed by atoms with Crippen LogP contribution in [-0.4, -0.2) is 56.9 Å². The van der Waals surface area contributed by atoms with Gasteiger partial charge in [0.2, 0.25) is 0 Å². The van der Waals surface area contributed by atoms with Gasteiger partial charge in [0.05, 0.1) is 13.7 Å². The summed E-state index contributed by atoms with van der Waals surface area (Å²) in [6.45, 7) is 14.9. The molecule has 9 heteroatoms. The van der Waals surface area contributed by atoms with Crippen molar-refractivity contribution >= 4 is 23.1 Å². The first-order valence-corrected chi connectivity index (χ1v) is 13.3. The van der Waals surface area contributed by atoms with Gasteiger partial charge in [-0.25, -0.2) is 14.6 Å². The number of carbonyl (C=O) groups is 2. The van der Waals surface area contributed by atoms with Gasteiger partial charge < -0.3 is 23.5 Å². The molecule has 1 saturated heterocycles. The predicted octanol–water partition coefficient (Wildman–Crippen LogP) is 5.29. The van der Waals surface area contributed by atoms with E-state index in [1.165, 1.54) is 7.11 Å². The minimum Gasteiger partial charge on any atom is -0.466 e. The molecular formula is C30H38N4O5. The molecule has 0 aromatic carbocycles. The number of methoxy groups -OCH3 is 1. The second-order valence-corrected chi connectivity index (χ2v) is 11.3. The Bertz CT molecular complexity index is 1450. The fraction of sp³-hybridized carbons (Fsp3) is 0.467. The highest BCUT2D eigenvalue weighted by atomic mass is 16.6. The van der Waals surface area contributed by atoms with E-state index in [0.717, 1.165) is 40.7 Å². The number of pyridine rings is 2. The Morgan fingerprint density at radius 3 is 2.46 bits per heavy atom. The van der Waals surface area contributed by atoms with Gasteiger partial charge in [-0.1, -0.05) is 6.58 Å². The molecule has 1 aliphatic rings. The van der Waals surface area contributed by atoms with Crippen molar-refractivity contribution in [2.24, 2.45) is 0 Å². The molecular weight excluding hydrogens is 496 g/mol. The van der Waals surface area contributed by atoms with Crippen LogP contribution in [0.3, 0.4) is 0 Å². The van der Waals surface area contributed by atoms with Crippen molar-refractivity contribution < 1.29 is 19.1 Å². The monoisotopic (exact) mass is 534 g/mol. The summed E-state index contributed by atoms with van der Waals surface area (Å²) in [7, 11) is 1.34. The first-order valence-electron chi connectivity index (χ1n) is 13.3. The highest BCUT2D eigenvalue weighted by Crippen LogP contribution is 2.36. The van der Waals surface area contributed by atoms with Gasteiger partial charge in [-0.15, -0.1) is 0 Å². The van der Waals surface area contributed by atoms with Gasteiger partial charge in [0.25, 0.3) is 5.56 Å². The van der Waals surface area contributed by atoms with Gasteiger partial charge in [-0.05, 0) is 76.8 Å². The van der Waals surface area contributed by atoms with E-state index in [1.54, 1.807) is 21.7 Å². The number of esters is 1. The third-order valence-electron chi connectivity index (χ3n) is 7.02. The molecule has 0 N–H and O–H groups in total. The number of hydrogen-bond donors (Lipinski definition) is 0. The lowest BCUT2D eigenvalue weighted by atomic mass is 9.93. The number of hydrogen-bond acceptors (Lipinski definition) is 6. The van der Waals surface area contributed by atoms with E-state index in [0.29, 0.717) is 18.7 Å². The van der Waals surface area contributed by atoms with E-state index >= 15 is 0 Å². The Labute approximate surface area is 229 Å². The number of fused-ring (bicyclic) bond motifs is 1. The van der Waals surface area contributed by atoms with E-state index in [9.17, 15) is 14.4 Å². The summed E-state index contributed by atoms with van der Waals surface area (Å²) in [6, 6.07) is 7.51. The fourth-order valence-corrected chi connectivity index (χ4v) is 5.07. The molecule has 4 rings (SSSR count). The van der Waals surface area contributed by atoms with Crippen LogP contribution in [0.5, 0.6) is 0 Å². The molecule has 1 fully saturated rings. The molecule has 0 spiro atoms. The molecule has 208 valence electrons. The maximum atomic E-state index is 12.6. The molecule has 1 aliphatic heterocycles. The molecule has 0 unspecified atom stereocenters. The van der Waals surface area contributed by atoms with Crippen molar-refractivity contribution in [3.63, 3.8) is 0 Å². The number of nitrogens with zero attached hydrogens (tertiary/aromatic N) is 4. The molecule has 3 aromatic heterocycles. The minimum absolute atomic E-state index is 0.0217.